The third kappa shape index (κ3) is 3.24. The third-order valence-corrected chi connectivity index (χ3v) is 4.99. The van der Waals surface area contributed by atoms with Gasteiger partial charge in [0.25, 0.3) is 0 Å². The van der Waals surface area contributed by atoms with Crippen LogP contribution in [-0.4, -0.2) is 0 Å². The van der Waals surface area contributed by atoms with Gasteiger partial charge in [0.1, 0.15) is 0 Å². The number of alkyl halides is 1. The molecule has 0 saturated carbocycles. The molecule has 2 aromatic rings. The fraction of sp³-hybridized carbons (Fsp3) is 0.375. The summed E-state index contributed by atoms with van der Waals surface area (Å²) in [7, 11) is 0. The van der Waals surface area contributed by atoms with Gasteiger partial charge in [0.15, 0.2) is 0 Å². The van der Waals surface area contributed by atoms with E-state index < -0.39 is 0 Å². The first-order valence-electron chi connectivity index (χ1n) is 6.33. The minimum absolute atomic E-state index is 0.317. The summed E-state index contributed by atoms with van der Waals surface area (Å²) in [5.41, 5.74) is 5.52. The van der Waals surface area contributed by atoms with Gasteiger partial charge in [-0.3, -0.25) is 0 Å². The summed E-state index contributed by atoms with van der Waals surface area (Å²) in [6, 6.07) is 9.00. The normalized spacial score (nSPS) is 12.9. The van der Waals surface area contributed by atoms with Gasteiger partial charge < -0.3 is 0 Å². The molecule has 0 aliphatic rings. The highest BCUT2D eigenvalue weighted by Gasteiger charge is 2.13. The number of hydrogen-bond acceptors (Lipinski definition) is 1. The molecule has 96 valence electrons. The van der Waals surface area contributed by atoms with E-state index in [2.05, 4.69) is 71.7 Å². The van der Waals surface area contributed by atoms with Crippen molar-refractivity contribution in [3.05, 3.63) is 57.3 Å². The second-order valence-corrected chi connectivity index (χ2v) is 6.87. The van der Waals surface area contributed by atoms with Crippen LogP contribution in [0.4, 0.5) is 0 Å². The highest BCUT2D eigenvalue weighted by Crippen LogP contribution is 2.34. The predicted molar refractivity (Wildman–Crippen MR) is 84.8 cm³/mol. The maximum Gasteiger partial charge on any atom is 0.0655 e. The average molecular weight is 323 g/mol. The lowest BCUT2D eigenvalue weighted by atomic mass is 9.99. The van der Waals surface area contributed by atoms with E-state index in [9.17, 15) is 0 Å². The first-order valence-corrected chi connectivity index (χ1v) is 8.19. The topological polar surface area (TPSA) is 0 Å². The first kappa shape index (κ1) is 13.8. The summed E-state index contributed by atoms with van der Waals surface area (Å²) >= 11 is 5.58. The molecule has 1 unspecified atom stereocenters. The minimum Gasteiger partial charge on any atom is -0.152 e. The lowest BCUT2D eigenvalue weighted by Crippen LogP contribution is -1.96. The van der Waals surface area contributed by atoms with Crippen molar-refractivity contribution in [1.82, 2.24) is 0 Å². The number of halogens is 1. The zero-order valence-corrected chi connectivity index (χ0v) is 13.5. The standard InChI is InChI=1S/C16H19BrS/c1-11(2)8-13-4-6-14(7-5-13)16(17)15-10-18-9-12(15)3/h4-7,9-11,16H,8H2,1-3H3. The maximum atomic E-state index is 3.81. The molecule has 0 N–H and O–H groups in total. The zero-order chi connectivity index (χ0) is 13.1. The largest absolute Gasteiger partial charge is 0.152 e. The Hall–Kier alpha value is -0.600. The predicted octanol–water partition coefficient (Wildman–Crippen LogP) is 5.74. The van der Waals surface area contributed by atoms with Crippen LogP contribution in [0.2, 0.25) is 0 Å². The molecule has 2 rings (SSSR count). The summed E-state index contributed by atoms with van der Waals surface area (Å²) in [5, 5.41) is 4.44. The Kier molecular flexibility index (Phi) is 4.63. The van der Waals surface area contributed by atoms with Gasteiger partial charge >= 0.3 is 0 Å². The van der Waals surface area contributed by atoms with Crippen LogP contribution in [0.5, 0.6) is 0 Å². The Bertz CT molecular complexity index is 496. The van der Waals surface area contributed by atoms with E-state index >= 15 is 0 Å². The van der Waals surface area contributed by atoms with Crippen LogP contribution in [0.3, 0.4) is 0 Å². The molecule has 1 aromatic heterocycles. The van der Waals surface area contributed by atoms with Crippen LogP contribution < -0.4 is 0 Å². The van der Waals surface area contributed by atoms with Gasteiger partial charge in [0, 0.05) is 0 Å². The molecule has 2 heteroatoms. The Morgan fingerprint density at radius 1 is 1.11 bits per heavy atom. The van der Waals surface area contributed by atoms with Crippen molar-refractivity contribution in [1.29, 1.82) is 0 Å². The summed E-state index contributed by atoms with van der Waals surface area (Å²) in [6.07, 6.45) is 1.16. The van der Waals surface area contributed by atoms with Gasteiger partial charge in [-0.1, -0.05) is 54.0 Å². The quantitative estimate of drug-likeness (QED) is 0.629. The molecule has 0 saturated heterocycles. The Labute approximate surface area is 122 Å². The number of benzene rings is 1. The molecule has 0 aliphatic carbocycles. The van der Waals surface area contributed by atoms with E-state index in [4.69, 9.17) is 0 Å². The molecule has 18 heavy (non-hydrogen) atoms. The van der Waals surface area contributed by atoms with Crippen molar-refractivity contribution in [2.75, 3.05) is 0 Å². The van der Waals surface area contributed by atoms with Crippen LogP contribution in [0.1, 0.15) is 40.9 Å². The monoisotopic (exact) mass is 322 g/mol. The summed E-state index contributed by atoms with van der Waals surface area (Å²) < 4.78 is 0. The lowest BCUT2D eigenvalue weighted by molar-refractivity contribution is 0.647. The molecule has 1 aromatic carbocycles. The van der Waals surface area contributed by atoms with Crippen LogP contribution >= 0.6 is 27.3 Å². The van der Waals surface area contributed by atoms with Gasteiger partial charge in [-0.2, -0.15) is 11.3 Å². The van der Waals surface area contributed by atoms with E-state index in [1.807, 2.05) is 0 Å². The van der Waals surface area contributed by atoms with Crippen LogP contribution in [-0.2, 0) is 6.42 Å². The van der Waals surface area contributed by atoms with E-state index in [0.29, 0.717) is 4.83 Å². The van der Waals surface area contributed by atoms with Crippen molar-refractivity contribution < 1.29 is 0 Å². The van der Waals surface area contributed by atoms with Gasteiger partial charge in [-0.15, -0.1) is 0 Å². The molecule has 0 aliphatic heterocycles. The molecule has 0 spiro atoms. The van der Waals surface area contributed by atoms with Crippen molar-refractivity contribution in [2.45, 2.75) is 32.0 Å². The fourth-order valence-electron chi connectivity index (χ4n) is 2.10. The first-order chi connectivity index (χ1) is 8.58. The summed E-state index contributed by atoms with van der Waals surface area (Å²) in [4.78, 5) is 0.317. The average Bonchev–Trinajstić information content (AvgIpc) is 2.75. The van der Waals surface area contributed by atoms with Gasteiger partial charge in [0.2, 0.25) is 0 Å². The number of hydrogen-bond donors (Lipinski definition) is 0. The highest BCUT2D eigenvalue weighted by atomic mass is 79.9. The second kappa shape index (κ2) is 6.03. The van der Waals surface area contributed by atoms with Crippen molar-refractivity contribution in [3.8, 4) is 0 Å². The summed E-state index contributed by atoms with van der Waals surface area (Å²) in [5.74, 6) is 0.717. The number of aryl methyl sites for hydroxylation is 1. The molecule has 0 fully saturated rings. The smallest absolute Gasteiger partial charge is 0.0655 e. The van der Waals surface area contributed by atoms with Crippen LogP contribution in [0.15, 0.2) is 35.0 Å². The van der Waals surface area contributed by atoms with E-state index in [1.165, 1.54) is 22.3 Å². The zero-order valence-electron chi connectivity index (χ0n) is 11.1. The van der Waals surface area contributed by atoms with Crippen molar-refractivity contribution in [2.24, 2.45) is 5.92 Å². The maximum absolute atomic E-state index is 3.81. The third-order valence-electron chi connectivity index (χ3n) is 3.08. The Morgan fingerprint density at radius 2 is 1.78 bits per heavy atom. The van der Waals surface area contributed by atoms with Gasteiger partial charge in [0.05, 0.1) is 4.83 Å². The molecule has 0 bridgehead atoms. The summed E-state index contributed by atoms with van der Waals surface area (Å²) in [6.45, 7) is 6.69. The van der Waals surface area contributed by atoms with E-state index in [-0.39, 0.29) is 0 Å². The molecule has 1 heterocycles. The molecular formula is C16H19BrS. The SMILES string of the molecule is Cc1cscc1C(Br)c1ccc(CC(C)C)cc1. The molecule has 0 nitrogen and oxygen atoms in total. The van der Waals surface area contributed by atoms with Crippen LogP contribution in [0.25, 0.3) is 0 Å². The highest BCUT2D eigenvalue weighted by molar-refractivity contribution is 9.09. The molecule has 1 atom stereocenters. The molecular weight excluding hydrogens is 304 g/mol. The van der Waals surface area contributed by atoms with E-state index in [1.54, 1.807) is 11.3 Å². The van der Waals surface area contributed by atoms with Gasteiger partial charge in [-0.05, 0) is 52.3 Å². The lowest BCUT2D eigenvalue weighted by Gasteiger charge is -2.12. The Balaban J connectivity index is 2.17. The minimum atomic E-state index is 0.317. The fourth-order valence-corrected chi connectivity index (χ4v) is 3.95. The second-order valence-electron chi connectivity index (χ2n) is 5.21. The van der Waals surface area contributed by atoms with Crippen molar-refractivity contribution in [3.63, 3.8) is 0 Å². The van der Waals surface area contributed by atoms with Gasteiger partial charge in [-0.25, -0.2) is 0 Å². The van der Waals surface area contributed by atoms with Crippen LogP contribution in [0, 0.1) is 12.8 Å². The number of thiophene rings is 1. The van der Waals surface area contributed by atoms with E-state index in [0.717, 1.165) is 12.3 Å². The Morgan fingerprint density at radius 3 is 2.28 bits per heavy atom. The number of rotatable bonds is 4. The molecule has 0 radical (unpaired) electrons. The molecule has 0 amide bonds. The van der Waals surface area contributed by atoms with Crippen molar-refractivity contribution >= 4 is 27.3 Å².